The van der Waals surface area contributed by atoms with Gasteiger partial charge in [0.2, 0.25) is 0 Å². The van der Waals surface area contributed by atoms with E-state index in [0.717, 1.165) is 31.5 Å². The highest BCUT2D eigenvalue weighted by Crippen LogP contribution is 2.26. The van der Waals surface area contributed by atoms with Crippen LogP contribution in [0.25, 0.3) is 0 Å². The highest BCUT2D eigenvalue weighted by Gasteiger charge is 2.28. The maximum atomic E-state index is 12.4. The monoisotopic (exact) mass is 253 g/mol. The molecule has 1 fully saturated rings. The summed E-state index contributed by atoms with van der Waals surface area (Å²) in [6, 6.07) is 0.388. The van der Waals surface area contributed by atoms with E-state index in [4.69, 9.17) is 5.73 Å². The minimum atomic E-state index is 0.114. The Bertz CT molecular complexity index is 416. The van der Waals surface area contributed by atoms with Crippen molar-refractivity contribution in [3.8, 4) is 0 Å². The third-order valence-corrected chi connectivity index (χ3v) is 4.34. The predicted molar refractivity (Wildman–Crippen MR) is 70.2 cm³/mol. The van der Waals surface area contributed by atoms with E-state index < -0.39 is 0 Å². The molecule has 1 aromatic heterocycles. The van der Waals surface area contributed by atoms with Crippen molar-refractivity contribution in [2.75, 3.05) is 12.3 Å². The lowest BCUT2D eigenvalue weighted by molar-refractivity contribution is 0.0612. The summed E-state index contributed by atoms with van der Waals surface area (Å²) in [7, 11) is 0. The van der Waals surface area contributed by atoms with E-state index in [-0.39, 0.29) is 5.91 Å². The van der Waals surface area contributed by atoms with Crippen molar-refractivity contribution < 1.29 is 4.79 Å². The van der Waals surface area contributed by atoms with Gasteiger partial charge in [-0.1, -0.05) is 18.3 Å². The lowest BCUT2D eigenvalue weighted by Crippen LogP contribution is -2.43. The number of nitrogens with zero attached hydrogens (tertiary/aromatic N) is 2. The minimum Gasteiger partial charge on any atom is -0.375 e. The number of carbonyl (C=O) groups is 1. The van der Waals surface area contributed by atoms with Gasteiger partial charge in [0.25, 0.3) is 5.91 Å². The predicted octanol–water partition coefficient (Wildman–Crippen LogP) is 2.44. The fourth-order valence-electron chi connectivity index (χ4n) is 2.44. The van der Waals surface area contributed by atoms with Crippen LogP contribution in [0.1, 0.15) is 48.0 Å². The van der Waals surface area contributed by atoms with Crippen LogP contribution in [0, 0.1) is 6.92 Å². The molecule has 5 heteroatoms. The fraction of sp³-hybridized carbons (Fsp3) is 0.667. The summed E-state index contributed by atoms with van der Waals surface area (Å²) in [6.45, 7) is 4.86. The molecule has 0 saturated carbocycles. The SMILES string of the molecule is CCC1CCCCN1C(=O)c1sc(N)nc1C. The molecule has 94 valence electrons. The second-order valence-corrected chi connectivity index (χ2v) is 5.55. The van der Waals surface area contributed by atoms with E-state index in [1.54, 1.807) is 0 Å². The number of aromatic nitrogens is 1. The van der Waals surface area contributed by atoms with E-state index >= 15 is 0 Å². The fourth-order valence-corrected chi connectivity index (χ4v) is 3.23. The van der Waals surface area contributed by atoms with Crippen LogP contribution in [0.3, 0.4) is 0 Å². The van der Waals surface area contributed by atoms with E-state index in [1.165, 1.54) is 17.8 Å². The van der Waals surface area contributed by atoms with E-state index in [1.807, 2.05) is 11.8 Å². The molecular weight excluding hydrogens is 234 g/mol. The van der Waals surface area contributed by atoms with Crippen LogP contribution in [0.5, 0.6) is 0 Å². The Kier molecular flexibility index (Phi) is 3.66. The number of amides is 1. The van der Waals surface area contributed by atoms with Crippen LogP contribution in [0.4, 0.5) is 5.13 Å². The van der Waals surface area contributed by atoms with Gasteiger partial charge < -0.3 is 10.6 Å². The van der Waals surface area contributed by atoms with Crippen LogP contribution in [0.2, 0.25) is 0 Å². The van der Waals surface area contributed by atoms with Crippen LogP contribution >= 0.6 is 11.3 Å². The smallest absolute Gasteiger partial charge is 0.266 e. The third-order valence-electron chi connectivity index (χ3n) is 3.37. The second-order valence-electron chi connectivity index (χ2n) is 4.52. The molecule has 2 N–H and O–H groups in total. The molecule has 0 radical (unpaired) electrons. The standard InChI is InChI=1S/C12H19N3OS/c1-3-9-6-4-5-7-15(9)11(16)10-8(2)14-12(13)17-10/h9H,3-7H2,1-2H3,(H2,13,14). The number of aryl methyl sites for hydroxylation is 1. The lowest BCUT2D eigenvalue weighted by Gasteiger charge is -2.35. The molecule has 0 aromatic carbocycles. The van der Waals surface area contributed by atoms with E-state index in [2.05, 4.69) is 11.9 Å². The zero-order valence-electron chi connectivity index (χ0n) is 10.4. The van der Waals surface area contributed by atoms with Crippen LogP contribution in [0.15, 0.2) is 0 Å². The molecule has 0 bridgehead atoms. The Morgan fingerprint density at radius 1 is 1.59 bits per heavy atom. The van der Waals surface area contributed by atoms with E-state index in [0.29, 0.717) is 16.1 Å². The molecule has 2 heterocycles. The molecule has 1 aliphatic rings. The summed E-state index contributed by atoms with van der Waals surface area (Å²) in [5, 5.41) is 0.482. The average molecular weight is 253 g/mol. The largest absolute Gasteiger partial charge is 0.375 e. The van der Waals surface area contributed by atoms with Crippen molar-refractivity contribution in [1.29, 1.82) is 0 Å². The summed E-state index contributed by atoms with van der Waals surface area (Å²) in [4.78, 5) is 19.3. The number of anilines is 1. The summed E-state index contributed by atoms with van der Waals surface area (Å²) >= 11 is 1.30. The zero-order valence-corrected chi connectivity index (χ0v) is 11.2. The number of thiazole rings is 1. The van der Waals surface area contributed by atoms with Crippen molar-refractivity contribution in [1.82, 2.24) is 9.88 Å². The van der Waals surface area contributed by atoms with Crippen molar-refractivity contribution >= 4 is 22.4 Å². The Labute approximate surface area is 106 Å². The molecule has 1 saturated heterocycles. The Morgan fingerprint density at radius 2 is 2.35 bits per heavy atom. The quantitative estimate of drug-likeness (QED) is 0.880. The highest BCUT2D eigenvalue weighted by molar-refractivity contribution is 7.17. The summed E-state index contributed by atoms with van der Waals surface area (Å²) in [5.41, 5.74) is 6.41. The lowest BCUT2D eigenvalue weighted by atomic mass is 10.00. The van der Waals surface area contributed by atoms with Gasteiger partial charge in [-0.25, -0.2) is 4.98 Å². The molecule has 1 aromatic rings. The topological polar surface area (TPSA) is 59.2 Å². The van der Waals surface area contributed by atoms with Gasteiger partial charge in [-0.2, -0.15) is 0 Å². The number of hydrogen-bond donors (Lipinski definition) is 1. The Morgan fingerprint density at radius 3 is 2.94 bits per heavy atom. The molecule has 17 heavy (non-hydrogen) atoms. The molecule has 1 amide bonds. The van der Waals surface area contributed by atoms with E-state index in [9.17, 15) is 4.79 Å². The van der Waals surface area contributed by atoms with Crippen molar-refractivity contribution in [2.45, 2.75) is 45.6 Å². The normalized spacial score (nSPS) is 20.6. The number of carbonyl (C=O) groups excluding carboxylic acids is 1. The van der Waals surface area contributed by atoms with Gasteiger partial charge >= 0.3 is 0 Å². The molecule has 1 unspecified atom stereocenters. The minimum absolute atomic E-state index is 0.114. The number of nitrogens with two attached hydrogens (primary N) is 1. The number of piperidine rings is 1. The van der Waals surface area contributed by atoms with Crippen LogP contribution < -0.4 is 5.73 Å². The molecule has 4 nitrogen and oxygen atoms in total. The van der Waals surface area contributed by atoms with Crippen molar-refractivity contribution in [3.63, 3.8) is 0 Å². The highest BCUT2D eigenvalue weighted by atomic mass is 32.1. The van der Waals surface area contributed by atoms with Gasteiger partial charge in [-0.05, 0) is 32.6 Å². The summed E-state index contributed by atoms with van der Waals surface area (Å²) < 4.78 is 0. The van der Waals surface area contributed by atoms with Gasteiger partial charge in [0.05, 0.1) is 5.69 Å². The first-order valence-corrected chi connectivity index (χ1v) is 6.99. The van der Waals surface area contributed by atoms with Gasteiger partial charge in [0, 0.05) is 12.6 Å². The molecule has 1 atom stereocenters. The van der Waals surface area contributed by atoms with Crippen LogP contribution in [-0.4, -0.2) is 28.4 Å². The maximum Gasteiger partial charge on any atom is 0.266 e. The molecular formula is C12H19N3OS. The zero-order chi connectivity index (χ0) is 12.4. The third kappa shape index (κ3) is 2.44. The molecule has 1 aliphatic heterocycles. The van der Waals surface area contributed by atoms with Gasteiger partial charge in [0.1, 0.15) is 4.88 Å². The molecule has 0 aliphatic carbocycles. The van der Waals surface area contributed by atoms with Gasteiger partial charge in [0.15, 0.2) is 5.13 Å². The first kappa shape index (κ1) is 12.4. The number of rotatable bonds is 2. The first-order chi connectivity index (χ1) is 8.13. The Hall–Kier alpha value is -1.10. The molecule has 0 spiro atoms. The van der Waals surface area contributed by atoms with Crippen LogP contribution in [-0.2, 0) is 0 Å². The Balaban J connectivity index is 2.21. The maximum absolute atomic E-state index is 12.4. The average Bonchev–Trinajstić information content (AvgIpc) is 2.67. The molecule has 2 rings (SSSR count). The first-order valence-electron chi connectivity index (χ1n) is 6.17. The summed E-state index contributed by atoms with van der Waals surface area (Å²) in [5.74, 6) is 0.114. The van der Waals surface area contributed by atoms with Gasteiger partial charge in [-0.3, -0.25) is 4.79 Å². The second kappa shape index (κ2) is 5.04. The number of nitrogen functional groups attached to an aromatic ring is 1. The number of hydrogen-bond acceptors (Lipinski definition) is 4. The van der Waals surface area contributed by atoms with Crippen molar-refractivity contribution in [2.24, 2.45) is 0 Å². The van der Waals surface area contributed by atoms with Gasteiger partial charge in [-0.15, -0.1) is 0 Å². The van der Waals surface area contributed by atoms with Crippen molar-refractivity contribution in [3.05, 3.63) is 10.6 Å². The summed E-state index contributed by atoms with van der Waals surface area (Å²) in [6.07, 6.45) is 4.48. The number of likely N-dealkylation sites (tertiary alicyclic amines) is 1.